The molecule has 1 fully saturated rings. The number of anilines is 1. The summed E-state index contributed by atoms with van der Waals surface area (Å²) in [6.45, 7) is 5.91. The topological polar surface area (TPSA) is 64.6 Å². The third-order valence-corrected chi connectivity index (χ3v) is 5.92. The van der Waals surface area contributed by atoms with Crippen molar-refractivity contribution in [3.63, 3.8) is 0 Å². The zero-order valence-electron chi connectivity index (χ0n) is 18.4. The van der Waals surface area contributed by atoms with Crippen LogP contribution in [-0.2, 0) is 14.9 Å². The van der Waals surface area contributed by atoms with Crippen LogP contribution in [0.5, 0.6) is 5.75 Å². The highest BCUT2D eigenvalue weighted by Gasteiger charge is 2.42. The lowest BCUT2D eigenvalue weighted by Gasteiger charge is -2.28. The van der Waals surface area contributed by atoms with Crippen molar-refractivity contribution < 1.29 is 23.5 Å². The first-order chi connectivity index (χ1) is 14.9. The lowest BCUT2D eigenvalue weighted by atomic mass is 9.78. The first kappa shape index (κ1) is 22.8. The zero-order chi connectivity index (χ0) is 22.4. The van der Waals surface area contributed by atoms with E-state index in [1.54, 1.807) is 37.3 Å². The molecule has 2 aromatic rings. The van der Waals surface area contributed by atoms with Crippen molar-refractivity contribution in [1.82, 2.24) is 0 Å². The van der Waals surface area contributed by atoms with Crippen LogP contribution in [0.4, 0.5) is 10.1 Å². The van der Waals surface area contributed by atoms with Crippen LogP contribution in [0.25, 0.3) is 0 Å². The van der Waals surface area contributed by atoms with Gasteiger partial charge in [0.05, 0.1) is 18.1 Å². The van der Waals surface area contributed by atoms with E-state index in [1.807, 2.05) is 13.8 Å². The Labute approximate surface area is 182 Å². The van der Waals surface area contributed by atoms with E-state index in [1.165, 1.54) is 12.1 Å². The monoisotopic (exact) mass is 427 g/mol. The first-order valence-electron chi connectivity index (χ1n) is 10.9. The second-order valence-electron chi connectivity index (χ2n) is 8.02. The molecule has 0 radical (unpaired) electrons. The van der Waals surface area contributed by atoms with Gasteiger partial charge >= 0.3 is 5.97 Å². The highest BCUT2D eigenvalue weighted by atomic mass is 19.1. The Kier molecular flexibility index (Phi) is 7.31. The lowest BCUT2D eigenvalue weighted by molar-refractivity contribution is -0.121. The maximum Gasteiger partial charge on any atom is 0.341 e. The van der Waals surface area contributed by atoms with E-state index >= 15 is 0 Å². The van der Waals surface area contributed by atoms with E-state index in [0.717, 1.165) is 24.8 Å². The highest BCUT2D eigenvalue weighted by Crippen LogP contribution is 2.42. The Hall–Kier alpha value is -2.89. The molecule has 0 heterocycles. The van der Waals surface area contributed by atoms with Crippen LogP contribution in [0.1, 0.15) is 68.8 Å². The average Bonchev–Trinajstić information content (AvgIpc) is 3.26. The molecular weight excluding hydrogens is 397 g/mol. The van der Waals surface area contributed by atoms with Crippen LogP contribution in [0.2, 0.25) is 0 Å². The number of nitrogens with one attached hydrogen (secondary N) is 1. The van der Waals surface area contributed by atoms with Crippen molar-refractivity contribution in [3.05, 3.63) is 59.4 Å². The molecule has 31 heavy (non-hydrogen) atoms. The third kappa shape index (κ3) is 5.06. The molecule has 166 valence electrons. The fourth-order valence-corrected chi connectivity index (χ4v) is 4.02. The van der Waals surface area contributed by atoms with E-state index in [-0.39, 0.29) is 30.0 Å². The molecule has 0 spiro atoms. The number of esters is 1. The van der Waals surface area contributed by atoms with Gasteiger partial charge in [-0.1, -0.05) is 31.9 Å². The average molecular weight is 428 g/mol. The van der Waals surface area contributed by atoms with E-state index in [2.05, 4.69) is 5.32 Å². The Bertz CT molecular complexity index is 920. The summed E-state index contributed by atoms with van der Waals surface area (Å²) in [6, 6.07) is 11.2. The minimum absolute atomic E-state index is 0.0612. The molecule has 1 amide bonds. The molecule has 1 saturated carbocycles. The summed E-state index contributed by atoms with van der Waals surface area (Å²) < 4.78 is 24.5. The smallest absolute Gasteiger partial charge is 0.341 e. The first-order valence-corrected chi connectivity index (χ1v) is 10.9. The van der Waals surface area contributed by atoms with Gasteiger partial charge in [-0.3, -0.25) is 4.79 Å². The van der Waals surface area contributed by atoms with Crippen molar-refractivity contribution >= 4 is 17.6 Å². The molecule has 0 saturated heterocycles. The van der Waals surface area contributed by atoms with Crippen molar-refractivity contribution in [2.75, 3.05) is 11.9 Å². The molecule has 1 aliphatic carbocycles. The number of benzene rings is 2. The summed E-state index contributed by atoms with van der Waals surface area (Å²) in [4.78, 5) is 25.9. The molecule has 0 unspecified atom stereocenters. The second kappa shape index (κ2) is 9.94. The van der Waals surface area contributed by atoms with Crippen LogP contribution in [0.15, 0.2) is 42.5 Å². The predicted octanol–water partition coefficient (Wildman–Crippen LogP) is 5.63. The van der Waals surface area contributed by atoms with Gasteiger partial charge in [0.25, 0.3) is 0 Å². The maximum absolute atomic E-state index is 13.4. The number of rotatable bonds is 8. The number of carbonyl (C=O) groups is 2. The minimum Gasteiger partial charge on any atom is -0.490 e. The normalized spacial score (nSPS) is 15.9. The van der Waals surface area contributed by atoms with Crippen molar-refractivity contribution in [2.45, 2.75) is 64.4 Å². The fourth-order valence-electron chi connectivity index (χ4n) is 4.02. The molecule has 0 aromatic heterocycles. The van der Waals surface area contributed by atoms with Gasteiger partial charge in [0, 0.05) is 5.69 Å². The number of hydrogen-bond donors (Lipinski definition) is 1. The Balaban J connectivity index is 1.89. The van der Waals surface area contributed by atoms with Crippen LogP contribution < -0.4 is 10.1 Å². The summed E-state index contributed by atoms with van der Waals surface area (Å²) in [6.07, 6.45) is 3.99. The standard InChI is InChI=1S/C25H30FNO4/c1-4-17(3)31-22-13-12-20(16-21(22)23(28)30-5-2)27-24(29)25(14-6-7-15-25)18-8-10-19(26)11-9-18/h8-13,16-17H,4-7,14-15H2,1-3H3,(H,27,29)/t17-/m0/s1. The number of ether oxygens (including phenoxy) is 2. The van der Waals surface area contributed by atoms with Gasteiger partial charge < -0.3 is 14.8 Å². The summed E-state index contributed by atoms with van der Waals surface area (Å²) in [7, 11) is 0. The SMILES string of the molecule is CCOC(=O)c1cc(NC(=O)C2(c3ccc(F)cc3)CCCC2)ccc1O[C@@H](C)CC. The lowest BCUT2D eigenvalue weighted by Crippen LogP contribution is -2.38. The Morgan fingerprint density at radius 3 is 2.39 bits per heavy atom. The van der Waals surface area contributed by atoms with E-state index in [4.69, 9.17) is 9.47 Å². The predicted molar refractivity (Wildman–Crippen MR) is 118 cm³/mol. The van der Waals surface area contributed by atoms with Crippen molar-refractivity contribution in [1.29, 1.82) is 0 Å². The maximum atomic E-state index is 13.4. The fraction of sp³-hybridized carbons (Fsp3) is 0.440. The summed E-state index contributed by atoms with van der Waals surface area (Å²) >= 11 is 0. The zero-order valence-corrected chi connectivity index (χ0v) is 18.4. The van der Waals surface area contributed by atoms with Crippen LogP contribution in [0, 0.1) is 5.82 Å². The number of hydrogen-bond acceptors (Lipinski definition) is 4. The van der Waals surface area contributed by atoms with Crippen LogP contribution in [0.3, 0.4) is 0 Å². The molecule has 1 N–H and O–H groups in total. The number of amides is 1. The Morgan fingerprint density at radius 1 is 1.10 bits per heavy atom. The molecule has 6 heteroatoms. The summed E-state index contributed by atoms with van der Waals surface area (Å²) in [5.74, 6) is -0.541. The van der Waals surface area contributed by atoms with E-state index < -0.39 is 11.4 Å². The van der Waals surface area contributed by atoms with Gasteiger partial charge in [-0.05, 0) is 69.0 Å². The minimum atomic E-state index is -0.705. The number of halogens is 1. The van der Waals surface area contributed by atoms with Crippen molar-refractivity contribution in [2.24, 2.45) is 0 Å². The molecule has 2 aromatic carbocycles. The van der Waals surface area contributed by atoms with Gasteiger partial charge in [0.1, 0.15) is 17.1 Å². The van der Waals surface area contributed by atoms with Gasteiger partial charge in [-0.15, -0.1) is 0 Å². The molecule has 1 aliphatic rings. The quantitative estimate of drug-likeness (QED) is 0.555. The van der Waals surface area contributed by atoms with Gasteiger partial charge in [0.2, 0.25) is 5.91 Å². The van der Waals surface area contributed by atoms with Crippen LogP contribution in [-0.4, -0.2) is 24.6 Å². The van der Waals surface area contributed by atoms with Crippen molar-refractivity contribution in [3.8, 4) is 5.75 Å². The van der Waals surface area contributed by atoms with E-state index in [0.29, 0.717) is 24.3 Å². The molecule has 0 bridgehead atoms. The molecule has 0 aliphatic heterocycles. The summed E-state index contributed by atoms with van der Waals surface area (Å²) in [5, 5.41) is 2.97. The molecule has 1 atom stereocenters. The largest absolute Gasteiger partial charge is 0.490 e. The van der Waals surface area contributed by atoms with Gasteiger partial charge in [-0.25, -0.2) is 9.18 Å². The van der Waals surface area contributed by atoms with Gasteiger partial charge in [0.15, 0.2) is 0 Å². The molecular formula is C25H30FNO4. The van der Waals surface area contributed by atoms with Crippen LogP contribution >= 0.6 is 0 Å². The Morgan fingerprint density at radius 2 is 1.77 bits per heavy atom. The third-order valence-electron chi connectivity index (χ3n) is 5.92. The molecule has 3 rings (SSSR count). The van der Waals surface area contributed by atoms with Gasteiger partial charge in [-0.2, -0.15) is 0 Å². The van der Waals surface area contributed by atoms with E-state index in [9.17, 15) is 14.0 Å². The summed E-state index contributed by atoms with van der Waals surface area (Å²) in [5.41, 5.74) is 0.885. The molecule has 5 nitrogen and oxygen atoms in total. The second-order valence-corrected chi connectivity index (χ2v) is 8.02. The highest BCUT2D eigenvalue weighted by molar-refractivity contribution is 6.01. The number of carbonyl (C=O) groups excluding carboxylic acids is 2.